The van der Waals surface area contributed by atoms with Gasteiger partial charge >= 0.3 is 0 Å². The molecule has 0 bridgehead atoms. The molecule has 0 saturated carbocycles. The lowest BCUT2D eigenvalue weighted by Gasteiger charge is -2.14. The van der Waals surface area contributed by atoms with Gasteiger partial charge in [-0.2, -0.15) is 0 Å². The first-order valence-corrected chi connectivity index (χ1v) is 8.81. The lowest BCUT2D eigenvalue weighted by Crippen LogP contribution is -2.13. The van der Waals surface area contributed by atoms with Crippen LogP contribution >= 0.6 is 0 Å². The zero-order valence-corrected chi connectivity index (χ0v) is 16.4. The van der Waals surface area contributed by atoms with E-state index in [9.17, 15) is 4.79 Å². The average Bonchev–Trinajstić information content (AvgIpc) is 2.69. The van der Waals surface area contributed by atoms with E-state index in [-0.39, 0.29) is 5.91 Å². The third-order valence-electron chi connectivity index (χ3n) is 4.05. The number of hydrogen-bond donors (Lipinski definition) is 2. The number of ether oxygens (including phenoxy) is 1. The number of rotatable bonds is 6. The van der Waals surface area contributed by atoms with Gasteiger partial charge in [-0.05, 0) is 43.3 Å². The van der Waals surface area contributed by atoms with E-state index in [1.165, 1.54) is 0 Å². The van der Waals surface area contributed by atoms with Crippen molar-refractivity contribution < 1.29 is 9.53 Å². The van der Waals surface area contributed by atoms with E-state index >= 15 is 0 Å². The molecule has 1 heterocycles. The molecule has 0 saturated heterocycles. The van der Waals surface area contributed by atoms with Gasteiger partial charge in [0.15, 0.2) is 0 Å². The van der Waals surface area contributed by atoms with Crippen LogP contribution in [0.2, 0.25) is 0 Å². The highest BCUT2D eigenvalue weighted by Gasteiger charge is 2.11. The lowest BCUT2D eigenvalue weighted by atomic mass is 10.2. The molecular weight excluding hydrogens is 354 g/mol. The van der Waals surface area contributed by atoms with E-state index in [0.29, 0.717) is 28.6 Å². The summed E-state index contributed by atoms with van der Waals surface area (Å²) in [5, 5.41) is 6.14. The number of methoxy groups -OCH3 is 1. The molecule has 2 N–H and O–H groups in total. The van der Waals surface area contributed by atoms with E-state index in [0.717, 1.165) is 11.5 Å². The summed E-state index contributed by atoms with van der Waals surface area (Å²) in [7, 11) is 5.42. The number of benzene rings is 2. The molecule has 0 atom stereocenters. The molecule has 3 rings (SSSR count). The Labute approximate surface area is 164 Å². The predicted octanol–water partition coefficient (Wildman–Crippen LogP) is 3.86. The summed E-state index contributed by atoms with van der Waals surface area (Å²) in [6.07, 6.45) is 0. The number of anilines is 4. The number of aryl methyl sites for hydroxylation is 1. The molecule has 144 valence electrons. The number of carbonyl (C=O) groups excluding carboxylic acids is 1. The molecule has 0 aliphatic heterocycles. The number of nitrogens with zero attached hydrogens (tertiary/aromatic N) is 3. The first kappa shape index (κ1) is 19.2. The quantitative estimate of drug-likeness (QED) is 0.679. The van der Waals surface area contributed by atoms with Crippen LogP contribution in [0.1, 0.15) is 16.2 Å². The summed E-state index contributed by atoms with van der Waals surface area (Å²) >= 11 is 0. The first-order chi connectivity index (χ1) is 13.5. The number of carbonyl (C=O) groups is 1. The van der Waals surface area contributed by atoms with Gasteiger partial charge in [-0.15, -0.1) is 0 Å². The summed E-state index contributed by atoms with van der Waals surface area (Å²) in [5.74, 6) is 2.54. The molecule has 0 radical (unpaired) electrons. The normalized spacial score (nSPS) is 10.3. The van der Waals surface area contributed by atoms with Crippen molar-refractivity contribution in [2.24, 2.45) is 0 Å². The highest BCUT2D eigenvalue weighted by Crippen LogP contribution is 2.22. The second-order valence-electron chi connectivity index (χ2n) is 6.41. The van der Waals surface area contributed by atoms with E-state index in [2.05, 4.69) is 20.6 Å². The van der Waals surface area contributed by atoms with E-state index in [4.69, 9.17) is 4.74 Å². The van der Waals surface area contributed by atoms with E-state index in [1.807, 2.05) is 62.3 Å². The molecule has 0 aliphatic carbocycles. The van der Waals surface area contributed by atoms with Crippen LogP contribution in [-0.2, 0) is 0 Å². The third-order valence-corrected chi connectivity index (χ3v) is 4.05. The van der Waals surface area contributed by atoms with Gasteiger partial charge in [-0.1, -0.05) is 12.1 Å². The number of amides is 1. The Kier molecular flexibility index (Phi) is 5.74. The van der Waals surface area contributed by atoms with Crippen LogP contribution in [0, 0.1) is 6.92 Å². The fraction of sp³-hybridized carbons (Fsp3) is 0.190. The number of para-hydroxylation sites is 1. The van der Waals surface area contributed by atoms with Gasteiger partial charge in [-0.3, -0.25) is 4.79 Å². The first-order valence-electron chi connectivity index (χ1n) is 8.81. The van der Waals surface area contributed by atoms with Gasteiger partial charge in [0.25, 0.3) is 5.91 Å². The van der Waals surface area contributed by atoms with Crippen LogP contribution in [0.5, 0.6) is 5.75 Å². The van der Waals surface area contributed by atoms with Gasteiger partial charge in [-0.25, -0.2) is 9.97 Å². The molecule has 7 heteroatoms. The van der Waals surface area contributed by atoms with Crippen molar-refractivity contribution >= 4 is 28.9 Å². The molecule has 0 spiro atoms. The van der Waals surface area contributed by atoms with Gasteiger partial charge < -0.3 is 20.3 Å². The fourth-order valence-electron chi connectivity index (χ4n) is 2.66. The Morgan fingerprint density at radius 3 is 2.36 bits per heavy atom. The minimum absolute atomic E-state index is 0.222. The van der Waals surface area contributed by atoms with E-state index in [1.54, 1.807) is 25.3 Å². The number of nitrogens with one attached hydrogen (secondary N) is 2. The average molecular weight is 377 g/mol. The molecule has 3 aromatic rings. The maximum atomic E-state index is 12.5. The zero-order valence-electron chi connectivity index (χ0n) is 16.4. The number of hydrogen-bond acceptors (Lipinski definition) is 6. The molecule has 7 nitrogen and oxygen atoms in total. The highest BCUT2D eigenvalue weighted by atomic mass is 16.5. The summed E-state index contributed by atoms with van der Waals surface area (Å²) in [6.45, 7) is 1.86. The maximum Gasteiger partial charge on any atom is 0.259 e. The van der Waals surface area contributed by atoms with Crippen LogP contribution < -0.4 is 20.3 Å². The van der Waals surface area contributed by atoms with Crippen molar-refractivity contribution in [3.8, 4) is 5.75 Å². The van der Waals surface area contributed by atoms with Crippen LogP contribution in [0.25, 0.3) is 0 Å². The minimum atomic E-state index is -0.222. The fourth-order valence-corrected chi connectivity index (χ4v) is 2.66. The van der Waals surface area contributed by atoms with Gasteiger partial charge in [0, 0.05) is 31.5 Å². The molecule has 0 aliphatic rings. The van der Waals surface area contributed by atoms with E-state index < -0.39 is 0 Å². The van der Waals surface area contributed by atoms with Gasteiger partial charge in [0.05, 0.1) is 12.7 Å². The molecule has 1 amide bonds. The molecule has 1 aromatic heterocycles. The molecule has 2 aromatic carbocycles. The SMILES string of the molecule is COc1ccccc1C(=O)Nc1ccc(Nc2cc(N(C)C)nc(C)n2)cc1. The van der Waals surface area contributed by atoms with Crippen LogP contribution in [0.15, 0.2) is 54.6 Å². The Morgan fingerprint density at radius 2 is 1.68 bits per heavy atom. The minimum Gasteiger partial charge on any atom is -0.496 e. The van der Waals surface area contributed by atoms with Gasteiger partial charge in [0.2, 0.25) is 0 Å². The van der Waals surface area contributed by atoms with Gasteiger partial charge in [0.1, 0.15) is 23.2 Å². The van der Waals surface area contributed by atoms with Crippen LogP contribution in [0.4, 0.5) is 23.0 Å². The van der Waals surface area contributed by atoms with Crippen molar-refractivity contribution in [2.45, 2.75) is 6.92 Å². The Morgan fingerprint density at radius 1 is 1.00 bits per heavy atom. The Balaban J connectivity index is 1.71. The summed E-state index contributed by atoms with van der Waals surface area (Å²) in [6, 6.07) is 16.4. The maximum absolute atomic E-state index is 12.5. The second kappa shape index (κ2) is 8.39. The smallest absolute Gasteiger partial charge is 0.259 e. The monoisotopic (exact) mass is 377 g/mol. The molecule has 0 unspecified atom stereocenters. The summed E-state index contributed by atoms with van der Waals surface area (Å²) in [4.78, 5) is 23.2. The second-order valence-corrected chi connectivity index (χ2v) is 6.41. The zero-order chi connectivity index (χ0) is 20.1. The topological polar surface area (TPSA) is 79.4 Å². The number of aromatic nitrogens is 2. The standard InChI is InChI=1S/C21H23N5O2/c1-14-22-19(13-20(23-14)26(2)3)24-15-9-11-16(12-10-15)25-21(27)17-7-5-6-8-18(17)28-4/h5-13H,1-4H3,(H,25,27)(H,22,23,24). The molecule has 0 fully saturated rings. The largest absolute Gasteiger partial charge is 0.496 e. The van der Waals surface area contributed by atoms with Crippen molar-refractivity contribution in [1.82, 2.24) is 9.97 Å². The predicted molar refractivity (Wildman–Crippen MR) is 112 cm³/mol. The molecule has 28 heavy (non-hydrogen) atoms. The lowest BCUT2D eigenvalue weighted by molar-refractivity contribution is 0.102. The van der Waals surface area contributed by atoms with Crippen LogP contribution in [0.3, 0.4) is 0 Å². The van der Waals surface area contributed by atoms with Crippen LogP contribution in [-0.4, -0.2) is 37.1 Å². The summed E-state index contributed by atoms with van der Waals surface area (Å²) < 4.78 is 5.24. The Hall–Kier alpha value is -3.61. The Bertz CT molecular complexity index is 971. The molecular formula is C21H23N5O2. The van der Waals surface area contributed by atoms with Crippen molar-refractivity contribution in [3.05, 3.63) is 66.0 Å². The highest BCUT2D eigenvalue weighted by molar-refractivity contribution is 6.06. The summed E-state index contributed by atoms with van der Waals surface area (Å²) in [5.41, 5.74) is 2.03. The van der Waals surface area contributed by atoms with Crippen molar-refractivity contribution in [3.63, 3.8) is 0 Å². The third kappa shape index (κ3) is 4.56. The van der Waals surface area contributed by atoms with Crippen molar-refractivity contribution in [2.75, 3.05) is 36.7 Å². The van der Waals surface area contributed by atoms with Crippen molar-refractivity contribution in [1.29, 1.82) is 0 Å².